The lowest BCUT2D eigenvalue weighted by Gasteiger charge is -2.34. The molecule has 0 spiro atoms. The van der Waals surface area contributed by atoms with Crippen LogP contribution in [0.25, 0.3) is 0 Å². The number of hydrogen-bond donors (Lipinski definition) is 0. The first-order chi connectivity index (χ1) is 6.74. The molecule has 0 radical (unpaired) electrons. The van der Waals surface area contributed by atoms with Crippen molar-refractivity contribution in [1.29, 1.82) is 5.26 Å². The summed E-state index contributed by atoms with van der Waals surface area (Å²) in [6.45, 7) is 3.14. The Bertz CT molecular complexity index is 362. The highest BCUT2D eigenvalue weighted by atomic mass is 32.2. The van der Waals surface area contributed by atoms with E-state index in [1.165, 1.54) is 5.56 Å². The highest BCUT2D eigenvalue weighted by molar-refractivity contribution is 8.01. The summed E-state index contributed by atoms with van der Waals surface area (Å²) < 4.78 is 4.74. The summed E-state index contributed by atoms with van der Waals surface area (Å²) in [7, 11) is 0. The van der Waals surface area contributed by atoms with E-state index in [9.17, 15) is 0 Å². The fourth-order valence-corrected chi connectivity index (χ4v) is 2.32. The van der Waals surface area contributed by atoms with Gasteiger partial charge in [-0.3, -0.25) is 0 Å². The molecule has 3 heteroatoms. The maximum absolute atomic E-state index is 9.00. The lowest BCUT2D eigenvalue weighted by atomic mass is 10.1. The van der Waals surface area contributed by atoms with Gasteiger partial charge in [0, 0.05) is 4.90 Å². The second-order valence-electron chi connectivity index (χ2n) is 3.51. The monoisotopic (exact) mass is 205 g/mol. The topological polar surface area (TPSA) is 33.0 Å². The molecule has 72 valence electrons. The van der Waals surface area contributed by atoms with Gasteiger partial charge in [0.2, 0.25) is 0 Å². The first-order valence-electron chi connectivity index (χ1n) is 4.49. The molecule has 2 nitrogen and oxygen atoms in total. The van der Waals surface area contributed by atoms with E-state index in [1.54, 1.807) is 11.8 Å². The van der Waals surface area contributed by atoms with E-state index in [4.69, 9.17) is 10.00 Å². The van der Waals surface area contributed by atoms with Gasteiger partial charge in [-0.15, -0.1) is 0 Å². The average Bonchev–Trinajstić information content (AvgIpc) is 2.15. The number of thioether (sulfide) groups is 1. The molecular weight excluding hydrogens is 194 g/mol. The van der Waals surface area contributed by atoms with Gasteiger partial charge in [-0.2, -0.15) is 5.26 Å². The van der Waals surface area contributed by atoms with Crippen molar-refractivity contribution in [2.45, 2.75) is 16.6 Å². The minimum Gasteiger partial charge on any atom is -0.376 e. The fraction of sp³-hybridized carbons (Fsp3) is 0.364. The van der Waals surface area contributed by atoms with Gasteiger partial charge >= 0.3 is 0 Å². The van der Waals surface area contributed by atoms with Gasteiger partial charge in [-0.25, -0.2) is 0 Å². The number of rotatable bonds is 2. The zero-order valence-corrected chi connectivity index (χ0v) is 8.80. The smallest absolute Gasteiger partial charge is 0.153 e. The zero-order valence-electron chi connectivity index (χ0n) is 7.99. The van der Waals surface area contributed by atoms with Gasteiger partial charge < -0.3 is 4.74 Å². The Morgan fingerprint density at radius 3 is 2.43 bits per heavy atom. The quantitative estimate of drug-likeness (QED) is 0.743. The average molecular weight is 205 g/mol. The van der Waals surface area contributed by atoms with Crippen molar-refractivity contribution >= 4 is 11.8 Å². The van der Waals surface area contributed by atoms with Gasteiger partial charge in [0.05, 0.1) is 19.3 Å². The Labute approximate surface area is 87.9 Å². The summed E-state index contributed by atoms with van der Waals surface area (Å²) in [6, 6.07) is 10.5. The third-order valence-corrected chi connectivity index (χ3v) is 3.43. The van der Waals surface area contributed by atoms with Gasteiger partial charge in [-0.1, -0.05) is 29.5 Å². The van der Waals surface area contributed by atoms with Crippen LogP contribution < -0.4 is 0 Å². The largest absolute Gasteiger partial charge is 0.376 e. The van der Waals surface area contributed by atoms with Crippen LogP contribution in [0.1, 0.15) is 5.56 Å². The molecule has 1 aliphatic heterocycles. The highest BCUT2D eigenvalue weighted by Crippen LogP contribution is 2.38. The molecule has 0 bridgehead atoms. The molecule has 0 atom stereocenters. The molecule has 0 saturated carbocycles. The normalized spacial score (nSPS) is 18.3. The Morgan fingerprint density at radius 1 is 1.36 bits per heavy atom. The summed E-state index contributed by atoms with van der Waals surface area (Å²) in [6.07, 6.45) is 0. The highest BCUT2D eigenvalue weighted by Gasteiger charge is 2.40. The molecule has 2 rings (SSSR count). The summed E-state index contributed by atoms with van der Waals surface area (Å²) in [5.74, 6) is 0. The standard InChI is InChI=1S/C11H11NOS/c1-9-2-4-10(5-3-9)14-11(6-12)7-13-8-11/h2-5H,7-8H2,1H3. The minimum atomic E-state index is -0.338. The van der Waals surface area contributed by atoms with Gasteiger partial charge in [0.15, 0.2) is 4.75 Å². The lowest BCUT2D eigenvalue weighted by Crippen LogP contribution is -2.45. The first-order valence-corrected chi connectivity index (χ1v) is 5.30. The van der Waals surface area contributed by atoms with Crippen molar-refractivity contribution in [2.24, 2.45) is 0 Å². The molecule has 0 aromatic heterocycles. The SMILES string of the molecule is Cc1ccc(SC2(C#N)COC2)cc1. The molecule has 1 saturated heterocycles. The van der Waals surface area contributed by atoms with Crippen molar-refractivity contribution in [3.8, 4) is 6.07 Å². The maximum Gasteiger partial charge on any atom is 0.153 e. The van der Waals surface area contributed by atoms with E-state index in [0.717, 1.165) is 4.90 Å². The van der Waals surface area contributed by atoms with Crippen LogP contribution in [0.2, 0.25) is 0 Å². The number of hydrogen-bond acceptors (Lipinski definition) is 3. The van der Waals surface area contributed by atoms with Crippen LogP contribution in [-0.2, 0) is 4.74 Å². The van der Waals surface area contributed by atoms with E-state index in [1.807, 2.05) is 0 Å². The summed E-state index contributed by atoms with van der Waals surface area (Å²) >= 11 is 1.60. The van der Waals surface area contributed by atoms with E-state index in [-0.39, 0.29) is 4.75 Å². The molecule has 14 heavy (non-hydrogen) atoms. The number of nitriles is 1. The molecule has 0 unspecified atom stereocenters. The maximum atomic E-state index is 9.00. The van der Waals surface area contributed by atoms with Gasteiger partial charge in [0.1, 0.15) is 0 Å². The van der Waals surface area contributed by atoms with Crippen LogP contribution in [-0.4, -0.2) is 18.0 Å². The molecule has 1 aromatic rings. The number of ether oxygens (including phenoxy) is 1. The molecule has 1 aliphatic rings. The van der Waals surface area contributed by atoms with Crippen LogP contribution >= 0.6 is 11.8 Å². The fourth-order valence-electron chi connectivity index (χ4n) is 1.27. The Kier molecular flexibility index (Phi) is 2.49. The molecule has 0 N–H and O–H groups in total. The molecular formula is C11H11NOS. The molecule has 0 amide bonds. The lowest BCUT2D eigenvalue weighted by molar-refractivity contribution is 0.0161. The van der Waals surface area contributed by atoms with E-state index in [2.05, 4.69) is 37.3 Å². The minimum absolute atomic E-state index is 0.338. The van der Waals surface area contributed by atoms with Crippen LogP contribution in [0.15, 0.2) is 29.2 Å². The molecule has 0 aliphatic carbocycles. The van der Waals surface area contributed by atoms with E-state index >= 15 is 0 Å². The molecule has 1 aromatic carbocycles. The van der Waals surface area contributed by atoms with Crippen molar-refractivity contribution < 1.29 is 4.74 Å². The second-order valence-corrected chi connectivity index (χ2v) is 4.97. The predicted octanol–water partition coefficient (Wildman–Crippen LogP) is 2.38. The van der Waals surface area contributed by atoms with Crippen molar-refractivity contribution in [2.75, 3.05) is 13.2 Å². The third-order valence-electron chi connectivity index (χ3n) is 2.21. The Balaban J connectivity index is 2.11. The number of nitrogens with zero attached hydrogens (tertiary/aromatic N) is 1. The second kappa shape index (κ2) is 3.64. The van der Waals surface area contributed by atoms with E-state index in [0.29, 0.717) is 13.2 Å². The van der Waals surface area contributed by atoms with Crippen LogP contribution in [0, 0.1) is 18.3 Å². The summed E-state index contributed by atoms with van der Waals surface area (Å²) in [5.41, 5.74) is 1.24. The zero-order chi connectivity index (χ0) is 10.0. The summed E-state index contributed by atoms with van der Waals surface area (Å²) in [5, 5.41) is 9.00. The van der Waals surface area contributed by atoms with Gasteiger partial charge in [-0.05, 0) is 19.1 Å². The van der Waals surface area contributed by atoms with Crippen molar-refractivity contribution in [1.82, 2.24) is 0 Å². The van der Waals surface area contributed by atoms with Crippen LogP contribution in [0.3, 0.4) is 0 Å². The number of benzene rings is 1. The van der Waals surface area contributed by atoms with Crippen molar-refractivity contribution in [3.05, 3.63) is 29.8 Å². The number of aryl methyl sites for hydroxylation is 1. The Hall–Kier alpha value is -0.980. The molecule has 1 heterocycles. The van der Waals surface area contributed by atoms with Crippen LogP contribution in [0.5, 0.6) is 0 Å². The van der Waals surface area contributed by atoms with Crippen LogP contribution in [0.4, 0.5) is 0 Å². The Morgan fingerprint density at radius 2 is 2.00 bits per heavy atom. The third kappa shape index (κ3) is 1.77. The van der Waals surface area contributed by atoms with Gasteiger partial charge in [0.25, 0.3) is 0 Å². The molecule has 1 fully saturated rings. The summed E-state index contributed by atoms with van der Waals surface area (Å²) in [4.78, 5) is 1.14. The first kappa shape index (κ1) is 9.57. The van der Waals surface area contributed by atoms with Crippen molar-refractivity contribution in [3.63, 3.8) is 0 Å². The predicted molar refractivity (Wildman–Crippen MR) is 56.2 cm³/mol. The van der Waals surface area contributed by atoms with E-state index < -0.39 is 0 Å².